The van der Waals surface area contributed by atoms with Crippen LogP contribution in [0.5, 0.6) is 0 Å². The zero-order chi connectivity index (χ0) is 21.8. The summed E-state index contributed by atoms with van der Waals surface area (Å²) in [6.45, 7) is 4.12. The number of hydrogen-bond acceptors (Lipinski definition) is 5. The Morgan fingerprint density at radius 1 is 1.37 bits per heavy atom. The highest BCUT2D eigenvalue weighted by molar-refractivity contribution is 7.80. The summed E-state index contributed by atoms with van der Waals surface area (Å²) in [4.78, 5) is 13.3. The van der Waals surface area contributed by atoms with Crippen LogP contribution in [0.15, 0.2) is 30.6 Å². The maximum atomic E-state index is 14.0. The van der Waals surface area contributed by atoms with Gasteiger partial charge in [-0.15, -0.1) is 11.3 Å². The van der Waals surface area contributed by atoms with Crippen molar-refractivity contribution in [3.63, 3.8) is 0 Å². The van der Waals surface area contributed by atoms with Crippen molar-refractivity contribution in [3.05, 3.63) is 63.0 Å². The average Bonchev–Trinajstić information content (AvgIpc) is 3.27. The maximum absolute atomic E-state index is 14.0. The lowest BCUT2D eigenvalue weighted by atomic mass is 10.1. The van der Waals surface area contributed by atoms with Crippen LogP contribution < -0.4 is 10.6 Å². The Bertz CT molecular complexity index is 1080. The van der Waals surface area contributed by atoms with Crippen molar-refractivity contribution in [1.29, 1.82) is 0 Å². The Kier molecular flexibility index (Phi) is 7.06. The molecular weight excluding hydrogens is 447 g/mol. The smallest absolute Gasteiger partial charge is 0.341 e. The van der Waals surface area contributed by atoms with Gasteiger partial charge in [-0.3, -0.25) is 4.68 Å². The number of carbonyl (C=O) groups is 1. The van der Waals surface area contributed by atoms with Crippen LogP contribution >= 0.6 is 35.2 Å². The van der Waals surface area contributed by atoms with Crippen LogP contribution in [0.3, 0.4) is 0 Å². The second-order valence-corrected chi connectivity index (χ2v) is 8.43. The molecule has 0 atom stereocenters. The van der Waals surface area contributed by atoms with E-state index in [4.69, 9.17) is 28.6 Å². The summed E-state index contributed by atoms with van der Waals surface area (Å²) in [6, 6.07) is 4.55. The number of esters is 1. The number of aryl methyl sites for hydroxylation is 1. The zero-order valence-electron chi connectivity index (χ0n) is 16.6. The molecule has 0 amide bonds. The average molecular weight is 467 g/mol. The molecule has 0 saturated heterocycles. The Balaban J connectivity index is 1.72. The predicted molar refractivity (Wildman–Crippen MR) is 122 cm³/mol. The number of ether oxygens (including phenoxy) is 1. The number of rotatable bonds is 6. The number of anilines is 2. The van der Waals surface area contributed by atoms with Crippen LogP contribution in [-0.2, 0) is 17.7 Å². The number of benzene rings is 1. The summed E-state index contributed by atoms with van der Waals surface area (Å²) >= 11 is 12.9. The van der Waals surface area contributed by atoms with Gasteiger partial charge in [-0.05, 0) is 43.3 Å². The van der Waals surface area contributed by atoms with Crippen LogP contribution in [0.25, 0.3) is 0 Å². The Morgan fingerprint density at radius 3 is 2.80 bits per heavy atom. The molecule has 0 saturated carbocycles. The SMILES string of the molecule is CCc1c(C)sc(NC(=S)Nc2cnn(Cc3c(F)cccc3Cl)c2)c1C(=O)OC. The molecule has 1 aromatic carbocycles. The van der Waals surface area contributed by atoms with E-state index in [1.54, 1.807) is 29.2 Å². The van der Waals surface area contributed by atoms with Crippen molar-refractivity contribution >= 4 is 56.9 Å². The number of aromatic nitrogens is 2. The van der Waals surface area contributed by atoms with Crippen LogP contribution in [0, 0.1) is 12.7 Å². The molecule has 2 heterocycles. The molecular formula is C20H20ClFN4O2S2. The maximum Gasteiger partial charge on any atom is 0.341 e. The van der Waals surface area contributed by atoms with Crippen molar-refractivity contribution in [2.24, 2.45) is 0 Å². The second-order valence-electron chi connectivity index (χ2n) is 6.39. The van der Waals surface area contributed by atoms with Gasteiger partial charge in [-0.2, -0.15) is 5.10 Å². The molecule has 6 nitrogen and oxygen atoms in total. The fraction of sp³-hybridized carbons (Fsp3) is 0.250. The first-order chi connectivity index (χ1) is 14.3. The van der Waals surface area contributed by atoms with Gasteiger partial charge in [0.1, 0.15) is 10.8 Å². The number of carbonyl (C=O) groups excluding carboxylic acids is 1. The predicted octanol–water partition coefficient (Wildman–Crippen LogP) is 5.25. The zero-order valence-corrected chi connectivity index (χ0v) is 19.0. The van der Waals surface area contributed by atoms with E-state index in [1.807, 2.05) is 13.8 Å². The first-order valence-corrected chi connectivity index (χ1v) is 10.7. The topological polar surface area (TPSA) is 68.2 Å². The van der Waals surface area contributed by atoms with Crippen molar-refractivity contribution < 1.29 is 13.9 Å². The van der Waals surface area contributed by atoms with Crippen molar-refractivity contribution in [1.82, 2.24) is 9.78 Å². The van der Waals surface area contributed by atoms with Crippen molar-refractivity contribution in [2.75, 3.05) is 17.7 Å². The molecule has 0 fully saturated rings. The summed E-state index contributed by atoms with van der Waals surface area (Å²) in [6.07, 6.45) is 3.97. The molecule has 2 N–H and O–H groups in total. The summed E-state index contributed by atoms with van der Waals surface area (Å²) in [5.41, 5.74) is 2.41. The van der Waals surface area contributed by atoms with E-state index in [0.717, 1.165) is 10.4 Å². The highest BCUT2D eigenvalue weighted by atomic mass is 35.5. The second kappa shape index (κ2) is 9.55. The fourth-order valence-electron chi connectivity index (χ4n) is 3.04. The molecule has 0 bridgehead atoms. The number of hydrogen-bond donors (Lipinski definition) is 2. The lowest BCUT2D eigenvalue weighted by molar-refractivity contribution is 0.0601. The van der Waals surface area contributed by atoms with E-state index in [2.05, 4.69) is 15.7 Å². The molecule has 0 aliphatic heterocycles. The first-order valence-electron chi connectivity index (χ1n) is 9.08. The minimum atomic E-state index is -0.406. The molecule has 0 aliphatic carbocycles. The minimum absolute atomic E-state index is 0.184. The molecule has 2 aromatic heterocycles. The molecule has 0 aliphatic rings. The normalized spacial score (nSPS) is 10.7. The molecule has 30 heavy (non-hydrogen) atoms. The molecule has 10 heteroatoms. The summed E-state index contributed by atoms with van der Waals surface area (Å²) in [5.74, 6) is -0.795. The van der Waals surface area contributed by atoms with Gasteiger partial charge in [-0.25, -0.2) is 9.18 Å². The minimum Gasteiger partial charge on any atom is -0.465 e. The van der Waals surface area contributed by atoms with Gasteiger partial charge < -0.3 is 15.4 Å². The third-order valence-electron chi connectivity index (χ3n) is 4.45. The number of thiocarbonyl (C=S) groups is 1. The van der Waals surface area contributed by atoms with Crippen molar-refractivity contribution in [3.8, 4) is 0 Å². The fourth-order valence-corrected chi connectivity index (χ4v) is 4.68. The van der Waals surface area contributed by atoms with E-state index in [-0.39, 0.29) is 12.4 Å². The third-order valence-corrected chi connectivity index (χ3v) is 6.07. The lowest BCUT2D eigenvalue weighted by Gasteiger charge is -2.10. The highest BCUT2D eigenvalue weighted by Crippen LogP contribution is 2.34. The molecule has 3 rings (SSSR count). The summed E-state index contributed by atoms with van der Waals surface area (Å²) in [7, 11) is 1.35. The number of nitrogens with zero attached hydrogens (tertiary/aromatic N) is 2. The molecule has 0 spiro atoms. The molecule has 158 valence electrons. The van der Waals surface area contributed by atoms with Gasteiger partial charge >= 0.3 is 5.97 Å². The first kappa shape index (κ1) is 22.2. The number of thiophene rings is 1. The van der Waals surface area contributed by atoms with Gasteiger partial charge in [0, 0.05) is 21.7 Å². The van der Waals surface area contributed by atoms with E-state index in [0.29, 0.717) is 38.4 Å². The number of halogens is 2. The van der Waals surface area contributed by atoms with Crippen molar-refractivity contribution in [2.45, 2.75) is 26.8 Å². The summed E-state index contributed by atoms with van der Waals surface area (Å²) < 4.78 is 20.5. The van der Waals surface area contributed by atoms with Gasteiger partial charge in [0.2, 0.25) is 0 Å². The van der Waals surface area contributed by atoms with Crippen LogP contribution in [0.2, 0.25) is 5.02 Å². The van der Waals surface area contributed by atoms with E-state index in [1.165, 1.54) is 24.5 Å². The number of methoxy groups -OCH3 is 1. The van der Waals surface area contributed by atoms with Gasteiger partial charge in [0.05, 0.1) is 31.1 Å². The monoisotopic (exact) mass is 466 g/mol. The van der Waals surface area contributed by atoms with E-state index >= 15 is 0 Å². The quantitative estimate of drug-likeness (QED) is 0.382. The Hall–Kier alpha value is -2.49. The van der Waals surface area contributed by atoms with E-state index < -0.39 is 5.97 Å². The molecule has 3 aromatic rings. The van der Waals surface area contributed by atoms with Gasteiger partial charge in [0.15, 0.2) is 5.11 Å². The van der Waals surface area contributed by atoms with Crippen LogP contribution in [-0.4, -0.2) is 28.0 Å². The Labute approximate surface area is 188 Å². The molecule has 0 radical (unpaired) electrons. The largest absolute Gasteiger partial charge is 0.465 e. The molecule has 0 unspecified atom stereocenters. The summed E-state index contributed by atoms with van der Waals surface area (Å²) in [5, 5.41) is 11.6. The van der Waals surface area contributed by atoms with Gasteiger partial charge in [-0.1, -0.05) is 24.6 Å². The highest BCUT2D eigenvalue weighted by Gasteiger charge is 2.22. The standard InChI is InChI=1S/C20H20ClFN4O2S2/c1-4-13-11(2)30-18(17(13)19(27)28-3)25-20(29)24-12-8-23-26(9-12)10-14-15(21)6-5-7-16(14)22/h5-9H,4,10H2,1-3H3,(H2,24,25,29). The van der Waals surface area contributed by atoms with Gasteiger partial charge in [0.25, 0.3) is 0 Å². The van der Waals surface area contributed by atoms with Crippen LogP contribution in [0.1, 0.15) is 33.3 Å². The lowest BCUT2D eigenvalue weighted by Crippen LogP contribution is -2.20. The third kappa shape index (κ3) is 4.80. The van der Waals surface area contributed by atoms with Crippen LogP contribution in [0.4, 0.5) is 15.1 Å². The Morgan fingerprint density at radius 2 is 2.13 bits per heavy atom. The number of nitrogens with one attached hydrogen (secondary N) is 2. The van der Waals surface area contributed by atoms with E-state index in [9.17, 15) is 9.18 Å².